The van der Waals surface area contributed by atoms with Gasteiger partial charge in [0.2, 0.25) is 0 Å². The number of para-hydroxylation sites is 1. The average Bonchev–Trinajstić information content (AvgIpc) is 2.65. The quantitative estimate of drug-likeness (QED) is 0.680. The van der Waals surface area contributed by atoms with Gasteiger partial charge in [-0.3, -0.25) is 4.57 Å². The number of nitrogens with zero attached hydrogens (tertiary/aromatic N) is 1. The van der Waals surface area contributed by atoms with Crippen LogP contribution < -0.4 is 5.73 Å². The summed E-state index contributed by atoms with van der Waals surface area (Å²) in [7, 11) is 1.25. The maximum Gasteiger partial charge on any atom is 0.351 e. The fourth-order valence-electron chi connectivity index (χ4n) is 1.49. The van der Waals surface area contributed by atoms with Gasteiger partial charge in [-0.05, 0) is 24.4 Å². The molecule has 1 aromatic carbocycles. The first kappa shape index (κ1) is 12.7. The summed E-state index contributed by atoms with van der Waals surface area (Å²) in [6.07, 6.45) is 0. The van der Waals surface area contributed by atoms with Gasteiger partial charge in [-0.15, -0.1) is 0 Å². The second-order valence-corrected chi connectivity index (χ2v) is 5.00. The summed E-state index contributed by atoms with van der Waals surface area (Å²) in [6.45, 7) is 0. The van der Waals surface area contributed by atoms with E-state index < -0.39 is 11.8 Å². The summed E-state index contributed by atoms with van der Waals surface area (Å²) < 4.78 is 19.9. The van der Waals surface area contributed by atoms with Crippen LogP contribution in [-0.2, 0) is 4.74 Å². The summed E-state index contributed by atoms with van der Waals surface area (Å²) in [6, 6.07) is 6.06. The normalized spacial score (nSPS) is 10.3. The third kappa shape index (κ3) is 2.02. The molecule has 0 saturated heterocycles. The van der Waals surface area contributed by atoms with Crippen molar-refractivity contribution in [1.82, 2.24) is 4.57 Å². The first-order chi connectivity index (χ1) is 8.56. The van der Waals surface area contributed by atoms with Crippen LogP contribution in [0.3, 0.4) is 0 Å². The summed E-state index contributed by atoms with van der Waals surface area (Å²) in [5.41, 5.74) is 6.04. The van der Waals surface area contributed by atoms with Crippen LogP contribution in [0.2, 0.25) is 0 Å². The van der Waals surface area contributed by atoms with Crippen molar-refractivity contribution in [2.24, 2.45) is 0 Å². The highest BCUT2D eigenvalue weighted by molar-refractivity contribution is 7.73. The highest BCUT2D eigenvalue weighted by atomic mass is 32.1. The van der Waals surface area contributed by atoms with Gasteiger partial charge in [0.25, 0.3) is 0 Å². The summed E-state index contributed by atoms with van der Waals surface area (Å²) in [5, 5.41) is 0. The Balaban J connectivity index is 2.67. The molecule has 2 aromatic rings. The summed E-state index contributed by atoms with van der Waals surface area (Å²) >= 11 is 6.08. The van der Waals surface area contributed by atoms with Crippen molar-refractivity contribution < 1.29 is 13.9 Å². The lowest BCUT2D eigenvalue weighted by atomic mass is 10.3. The maximum atomic E-state index is 13.7. The Bertz CT molecular complexity index is 663. The Labute approximate surface area is 111 Å². The van der Waals surface area contributed by atoms with E-state index in [0.717, 1.165) is 11.3 Å². The van der Waals surface area contributed by atoms with Gasteiger partial charge >= 0.3 is 5.97 Å². The van der Waals surface area contributed by atoms with E-state index in [-0.39, 0.29) is 20.3 Å². The van der Waals surface area contributed by atoms with Crippen molar-refractivity contribution in [3.05, 3.63) is 38.9 Å². The van der Waals surface area contributed by atoms with Crippen molar-refractivity contribution in [2.75, 3.05) is 12.8 Å². The van der Waals surface area contributed by atoms with E-state index in [0.29, 0.717) is 0 Å². The smallest absolute Gasteiger partial charge is 0.351 e. The lowest BCUT2D eigenvalue weighted by Crippen LogP contribution is -2.07. The molecule has 0 atom stereocenters. The van der Waals surface area contributed by atoms with Crippen molar-refractivity contribution in [1.29, 1.82) is 0 Å². The van der Waals surface area contributed by atoms with E-state index in [2.05, 4.69) is 4.74 Å². The second kappa shape index (κ2) is 4.87. The van der Waals surface area contributed by atoms with Gasteiger partial charge < -0.3 is 10.5 Å². The van der Waals surface area contributed by atoms with Crippen LogP contribution in [0.25, 0.3) is 5.69 Å². The highest BCUT2D eigenvalue weighted by Crippen LogP contribution is 2.27. The molecule has 18 heavy (non-hydrogen) atoms. The summed E-state index contributed by atoms with van der Waals surface area (Å²) in [5.74, 6) is -0.963. The Kier molecular flexibility index (Phi) is 3.44. The minimum absolute atomic E-state index is 0.0851. The molecule has 1 aromatic heterocycles. The molecule has 0 fully saturated rings. The molecule has 7 heteroatoms. The molecule has 0 aliphatic carbocycles. The van der Waals surface area contributed by atoms with Crippen molar-refractivity contribution in [3.63, 3.8) is 0 Å². The number of ether oxygens (including phenoxy) is 1. The predicted molar refractivity (Wildman–Crippen MR) is 70.2 cm³/mol. The molecule has 2 rings (SSSR count). The number of nitrogens with two attached hydrogens (primary N) is 1. The number of rotatable bonds is 2. The number of benzene rings is 1. The minimum Gasteiger partial charge on any atom is -0.465 e. The molecule has 0 aliphatic rings. The standard InChI is InChI=1S/C11H9FN2O2S2/c1-16-10(15)8-9(13)14(11(17)18-8)7-5-3-2-4-6(7)12/h2-5H,13H2,1H3. The van der Waals surface area contributed by atoms with Crippen molar-refractivity contribution in [2.45, 2.75) is 0 Å². The van der Waals surface area contributed by atoms with Crippen LogP contribution in [0, 0.1) is 9.77 Å². The topological polar surface area (TPSA) is 57.2 Å². The monoisotopic (exact) mass is 284 g/mol. The first-order valence-electron chi connectivity index (χ1n) is 4.90. The number of halogens is 1. The van der Waals surface area contributed by atoms with E-state index in [1.807, 2.05) is 0 Å². The third-order valence-corrected chi connectivity index (χ3v) is 3.68. The first-order valence-corrected chi connectivity index (χ1v) is 6.13. The number of hydrogen-bond donors (Lipinski definition) is 1. The number of esters is 1. The van der Waals surface area contributed by atoms with E-state index in [1.54, 1.807) is 12.1 Å². The lowest BCUT2D eigenvalue weighted by Gasteiger charge is -2.06. The average molecular weight is 284 g/mol. The molecule has 4 nitrogen and oxygen atoms in total. The van der Waals surface area contributed by atoms with Gasteiger partial charge in [0.05, 0.1) is 12.8 Å². The Morgan fingerprint density at radius 1 is 1.50 bits per heavy atom. The molecule has 94 valence electrons. The minimum atomic E-state index is -0.585. The Hall–Kier alpha value is -1.73. The number of thiazole rings is 1. The molecule has 0 spiro atoms. The number of anilines is 1. The molecule has 1 heterocycles. The number of hydrogen-bond acceptors (Lipinski definition) is 5. The van der Waals surface area contributed by atoms with Crippen LogP contribution >= 0.6 is 23.6 Å². The zero-order chi connectivity index (χ0) is 13.3. The predicted octanol–water partition coefficient (Wildman–Crippen LogP) is 2.78. The molecule has 0 saturated carbocycles. The molecule has 0 unspecified atom stereocenters. The Morgan fingerprint density at radius 3 is 2.78 bits per heavy atom. The molecule has 0 aliphatic heterocycles. The van der Waals surface area contributed by atoms with Gasteiger partial charge in [-0.25, -0.2) is 9.18 Å². The molecular weight excluding hydrogens is 275 g/mol. The van der Waals surface area contributed by atoms with Gasteiger partial charge in [-0.2, -0.15) is 0 Å². The van der Waals surface area contributed by atoms with Crippen LogP contribution in [0.1, 0.15) is 9.67 Å². The van der Waals surface area contributed by atoms with E-state index >= 15 is 0 Å². The van der Waals surface area contributed by atoms with Crippen molar-refractivity contribution >= 4 is 35.3 Å². The zero-order valence-electron chi connectivity index (χ0n) is 9.34. The van der Waals surface area contributed by atoms with Crippen LogP contribution in [0.5, 0.6) is 0 Å². The van der Waals surface area contributed by atoms with E-state index in [1.165, 1.54) is 23.8 Å². The number of carbonyl (C=O) groups is 1. The second-order valence-electron chi connectivity index (χ2n) is 3.36. The van der Waals surface area contributed by atoms with Crippen LogP contribution in [-0.4, -0.2) is 17.6 Å². The third-order valence-electron chi connectivity index (χ3n) is 2.31. The molecule has 2 N–H and O–H groups in total. The molecule has 0 radical (unpaired) electrons. The maximum absolute atomic E-state index is 13.7. The number of aromatic nitrogens is 1. The van der Waals surface area contributed by atoms with Gasteiger partial charge in [0.15, 0.2) is 8.83 Å². The van der Waals surface area contributed by atoms with E-state index in [4.69, 9.17) is 18.0 Å². The Morgan fingerprint density at radius 2 is 2.17 bits per heavy atom. The number of nitrogen functional groups attached to an aromatic ring is 1. The SMILES string of the molecule is COC(=O)c1sc(=S)n(-c2ccccc2F)c1N. The van der Waals surface area contributed by atoms with Crippen LogP contribution in [0.4, 0.5) is 10.2 Å². The largest absolute Gasteiger partial charge is 0.465 e. The highest BCUT2D eigenvalue weighted by Gasteiger charge is 2.19. The fourth-order valence-corrected chi connectivity index (χ4v) is 2.76. The van der Waals surface area contributed by atoms with Gasteiger partial charge in [-0.1, -0.05) is 23.5 Å². The molecular formula is C11H9FN2O2S2. The lowest BCUT2D eigenvalue weighted by molar-refractivity contribution is 0.0607. The van der Waals surface area contributed by atoms with Gasteiger partial charge in [0.1, 0.15) is 11.6 Å². The van der Waals surface area contributed by atoms with E-state index in [9.17, 15) is 9.18 Å². The van der Waals surface area contributed by atoms with Gasteiger partial charge in [0, 0.05) is 0 Å². The fraction of sp³-hybridized carbons (Fsp3) is 0.0909. The number of carbonyl (C=O) groups excluding carboxylic acids is 1. The number of methoxy groups -OCH3 is 1. The summed E-state index contributed by atoms with van der Waals surface area (Å²) in [4.78, 5) is 11.6. The molecule has 0 amide bonds. The van der Waals surface area contributed by atoms with Crippen LogP contribution in [0.15, 0.2) is 24.3 Å². The molecule has 0 bridgehead atoms. The van der Waals surface area contributed by atoms with Crippen molar-refractivity contribution in [3.8, 4) is 5.69 Å². The zero-order valence-corrected chi connectivity index (χ0v) is 11.0.